The molecule has 3 aliphatic rings. The molecule has 4 unspecified atom stereocenters. The van der Waals surface area contributed by atoms with E-state index in [1.807, 2.05) is 91.0 Å². The first kappa shape index (κ1) is 37.9. The summed E-state index contributed by atoms with van der Waals surface area (Å²) in [6.45, 7) is 1.19. The molecule has 1 aliphatic carbocycles. The summed E-state index contributed by atoms with van der Waals surface area (Å²) in [6.07, 6.45) is 3.49. The van der Waals surface area contributed by atoms with Crippen molar-refractivity contribution < 1.29 is 52.4 Å². The highest BCUT2D eigenvalue weighted by atomic mass is 16.6. The molecule has 2 aliphatic heterocycles. The monoisotopic (exact) mass is 778 g/mol. The Morgan fingerprint density at radius 2 is 1.09 bits per heavy atom. The Kier molecular flexibility index (Phi) is 11.1. The molecule has 5 aromatic rings. The zero-order valence-electron chi connectivity index (χ0n) is 31.2. The van der Waals surface area contributed by atoms with Gasteiger partial charge in [0.05, 0.1) is 24.2 Å². The molecule has 0 aromatic heterocycles. The van der Waals surface area contributed by atoms with Crippen molar-refractivity contribution in [3.05, 3.63) is 150 Å². The minimum absolute atomic E-state index is 0.0470. The maximum Gasteiger partial charge on any atom is 0.321 e. The van der Waals surface area contributed by atoms with Gasteiger partial charge in [0.15, 0.2) is 5.78 Å². The SMILES string of the molecule is O=C1CC(C2CC3C(=O)OC(=O)C3c3cc(OCCOc4ccc(-c5ccc(OCCOc6ccc(C=CC(=O)c7ccccc7)cc6)cc5)cc4)ccc32)C(=O)O1. The number of ether oxygens (including phenoxy) is 6. The van der Waals surface area contributed by atoms with E-state index in [1.165, 1.54) is 0 Å². The molecule has 58 heavy (non-hydrogen) atoms. The minimum Gasteiger partial charge on any atom is -0.490 e. The lowest BCUT2D eigenvalue weighted by Gasteiger charge is -2.33. The molecule has 0 radical (unpaired) electrons. The van der Waals surface area contributed by atoms with Crippen molar-refractivity contribution in [2.24, 2.45) is 11.8 Å². The predicted molar refractivity (Wildman–Crippen MR) is 210 cm³/mol. The number of ketones is 1. The largest absolute Gasteiger partial charge is 0.490 e. The van der Waals surface area contributed by atoms with Crippen molar-refractivity contribution in [3.63, 3.8) is 0 Å². The van der Waals surface area contributed by atoms with E-state index in [1.54, 1.807) is 42.5 Å². The summed E-state index contributed by atoms with van der Waals surface area (Å²) in [5.41, 5.74) is 4.84. The highest BCUT2D eigenvalue weighted by Gasteiger charge is 2.53. The van der Waals surface area contributed by atoms with E-state index in [-0.39, 0.29) is 31.8 Å². The topological polar surface area (TPSA) is 141 Å². The van der Waals surface area contributed by atoms with E-state index in [9.17, 15) is 24.0 Å². The van der Waals surface area contributed by atoms with Gasteiger partial charge in [0.25, 0.3) is 0 Å². The summed E-state index contributed by atoms with van der Waals surface area (Å²) < 4.78 is 33.3. The summed E-state index contributed by atoms with van der Waals surface area (Å²) >= 11 is 0. The number of hydrogen-bond acceptors (Lipinski definition) is 11. The van der Waals surface area contributed by atoms with E-state index in [4.69, 9.17) is 28.4 Å². The lowest BCUT2D eigenvalue weighted by molar-refractivity contribution is -0.155. The molecule has 2 heterocycles. The van der Waals surface area contributed by atoms with E-state index in [0.29, 0.717) is 47.2 Å². The summed E-state index contributed by atoms with van der Waals surface area (Å²) in [4.78, 5) is 61.8. The minimum atomic E-state index is -0.793. The van der Waals surface area contributed by atoms with E-state index < -0.39 is 47.5 Å². The fraction of sp³-hybridized carbons (Fsp3) is 0.213. The number of carbonyl (C=O) groups is 5. The number of fused-ring (bicyclic) bond motifs is 3. The van der Waals surface area contributed by atoms with Gasteiger partial charge in [0.1, 0.15) is 49.4 Å². The Hall–Kier alpha value is -7.01. The van der Waals surface area contributed by atoms with Crippen molar-refractivity contribution in [1.29, 1.82) is 0 Å². The number of hydrogen-bond donors (Lipinski definition) is 0. The zero-order chi connectivity index (χ0) is 40.0. The molecule has 0 amide bonds. The van der Waals surface area contributed by atoms with Gasteiger partial charge >= 0.3 is 23.9 Å². The lowest BCUT2D eigenvalue weighted by atomic mass is 9.67. The Labute approximate surface area is 334 Å². The number of carbonyl (C=O) groups excluding carboxylic acids is 5. The van der Waals surface area contributed by atoms with Crippen LogP contribution in [0.1, 0.15) is 51.7 Å². The van der Waals surface area contributed by atoms with Gasteiger partial charge in [0, 0.05) is 5.56 Å². The highest BCUT2D eigenvalue weighted by Crippen LogP contribution is 2.51. The van der Waals surface area contributed by atoms with Gasteiger partial charge in [-0.1, -0.05) is 78.9 Å². The van der Waals surface area contributed by atoms with Crippen LogP contribution < -0.4 is 18.9 Å². The van der Waals surface area contributed by atoms with Gasteiger partial charge in [-0.2, -0.15) is 0 Å². The van der Waals surface area contributed by atoms with Crippen LogP contribution in [0.5, 0.6) is 23.0 Å². The van der Waals surface area contributed by atoms with Gasteiger partial charge < -0.3 is 28.4 Å². The second-order valence-corrected chi connectivity index (χ2v) is 14.1. The van der Waals surface area contributed by atoms with E-state index >= 15 is 0 Å². The van der Waals surface area contributed by atoms with Crippen molar-refractivity contribution in [2.45, 2.75) is 24.7 Å². The van der Waals surface area contributed by atoms with Gasteiger partial charge in [0.2, 0.25) is 0 Å². The van der Waals surface area contributed by atoms with Crippen LogP contribution in [-0.2, 0) is 28.7 Å². The van der Waals surface area contributed by atoms with Crippen LogP contribution in [0.25, 0.3) is 17.2 Å². The molecule has 292 valence electrons. The van der Waals surface area contributed by atoms with Crippen LogP contribution in [0.4, 0.5) is 0 Å². The number of benzene rings is 5. The molecule has 5 aromatic carbocycles. The molecule has 0 bridgehead atoms. The van der Waals surface area contributed by atoms with Crippen molar-refractivity contribution >= 4 is 35.7 Å². The molecular weight excluding hydrogens is 741 g/mol. The molecule has 0 saturated carbocycles. The molecule has 4 atom stereocenters. The summed E-state index contributed by atoms with van der Waals surface area (Å²) in [5, 5.41) is 0. The summed E-state index contributed by atoms with van der Waals surface area (Å²) in [6, 6.07) is 37.4. The average Bonchev–Trinajstić information content (AvgIpc) is 3.75. The number of rotatable bonds is 15. The first-order valence-corrected chi connectivity index (χ1v) is 19.0. The van der Waals surface area contributed by atoms with Crippen LogP contribution in [-0.4, -0.2) is 56.1 Å². The van der Waals surface area contributed by atoms with Crippen LogP contribution >= 0.6 is 0 Å². The van der Waals surface area contributed by atoms with Gasteiger partial charge in [-0.15, -0.1) is 0 Å². The fourth-order valence-corrected chi connectivity index (χ4v) is 7.62. The van der Waals surface area contributed by atoms with Gasteiger partial charge in [-0.25, -0.2) is 0 Å². The number of esters is 4. The Morgan fingerprint density at radius 1 is 0.552 bits per heavy atom. The van der Waals surface area contributed by atoms with Crippen molar-refractivity contribution in [2.75, 3.05) is 26.4 Å². The molecule has 8 rings (SSSR count). The van der Waals surface area contributed by atoms with E-state index in [2.05, 4.69) is 0 Å². The third-order valence-corrected chi connectivity index (χ3v) is 10.5. The van der Waals surface area contributed by atoms with Crippen molar-refractivity contribution in [1.82, 2.24) is 0 Å². The first-order chi connectivity index (χ1) is 28.3. The smallest absolute Gasteiger partial charge is 0.321 e. The molecule has 11 heteroatoms. The Balaban J connectivity index is 0.778. The van der Waals surface area contributed by atoms with Crippen LogP contribution in [0.2, 0.25) is 0 Å². The second kappa shape index (κ2) is 17.0. The standard InChI is InChI=1S/C47H38O11/c48-42(32-4-2-1-3-5-32)21-8-29-6-13-33(14-7-29)53-22-23-54-34-15-9-30(10-16-34)31-11-17-35(18-12-31)55-24-25-56-36-19-20-37-38(40-28-43(49)57-45(40)50)27-41-44(39(37)26-36)47(52)58-46(41)51/h1-21,26,38,40-41,44H,22-25,27-28H2. The molecule has 11 nitrogen and oxygen atoms in total. The predicted octanol–water partition coefficient (Wildman–Crippen LogP) is 7.53. The Morgan fingerprint density at radius 3 is 1.66 bits per heavy atom. The molecule has 2 saturated heterocycles. The van der Waals surface area contributed by atoms with Gasteiger partial charge in [-0.3, -0.25) is 24.0 Å². The quantitative estimate of drug-likeness (QED) is 0.0343. The van der Waals surface area contributed by atoms with Crippen LogP contribution in [0, 0.1) is 11.8 Å². The molecule has 0 N–H and O–H groups in total. The first-order valence-electron chi connectivity index (χ1n) is 19.0. The Bertz CT molecular complexity index is 2350. The third kappa shape index (κ3) is 8.53. The maximum atomic E-state index is 12.7. The van der Waals surface area contributed by atoms with Gasteiger partial charge in [-0.05, 0) is 94.8 Å². The third-order valence-electron chi connectivity index (χ3n) is 10.5. The van der Waals surface area contributed by atoms with Crippen LogP contribution in [0.3, 0.4) is 0 Å². The number of allylic oxidation sites excluding steroid dienone is 1. The normalized spacial score (nSPS) is 19.6. The summed E-state index contributed by atoms with van der Waals surface area (Å²) in [7, 11) is 0. The molecule has 0 spiro atoms. The molecular formula is C47H38O11. The molecule has 2 fully saturated rings. The number of cyclic esters (lactones) is 4. The van der Waals surface area contributed by atoms with E-state index in [0.717, 1.165) is 22.4 Å². The highest BCUT2D eigenvalue weighted by molar-refractivity contribution is 6.06. The average molecular weight is 779 g/mol. The second-order valence-electron chi connectivity index (χ2n) is 14.1. The maximum absolute atomic E-state index is 12.7. The summed E-state index contributed by atoms with van der Waals surface area (Å²) in [5.74, 6) is -2.65. The zero-order valence-corrected chi connectivity index (χ0v) is 31.2. The van der Waals surface area contributed by atoms with Crippen LogP contribution in [0.15, 0.2) is 127 Å². The van der Waals surface area contributed by atoms with Crippen molar-refractivity contribution in [3.8, 4) is 34.1 Å². The lowest BCUT2D eigenvalue weighted by Crippen LogP contribution is -2.31. The fourth-order valence-electron chi connectivity index (χ4n) is 7.62.